The molecule has 1 unspecified atom stereocenters. The summed E-state index contributed by atoms with van der Waals surface area (Å²) in [7, 11) is 0. The van der Waals surface area contributed by atoms with Gasteiger partial charge in [-0.05, 0) is 18.1 Å². The molecule has 0 aliphatic heterocycles. The molecule has 1 heterocycles. The number of carboxylic acids is 1. The molecule has 0 spiro atoms. The molecule has 164 valence electrons. The number of benzene rings is 2. The van der Waals surface area contributed by atoms with Gasteiger partial charge in [-0.25, -0.2) is 9.78 Å². The molecule has 0 fully saturated rings. The molecule has 0 radical (unpaired) electrons. The minimum Gasteiger partial charge on any atom is -0.478 e. The number of rotatable bonds is 7. The average molecular weight is 436 g/mol. The average Bonchev–Trinajstić information content (AvgIpc) is 2.78. The fraction of sp³-hybridized carbons (Fsp3) is 0.136. The number of amides is 2. The molecule has 5 N–H and O–H groups in total. The number of carbonyl (C=O) groups is 3. The van der Waals surface area contributed by atoms with Crippen molar-refractivity contribution in [2.75, 3.05) is 0 Å². The Labute approximate surface area is 182 Å². The molecule has 0 saturated heterocycles. The maximum Gasteiger partial charge on any atom is 0.356 e. The predicted octanol–water partition coefficient (Wildman–Crippen LogP) is 0.812. The lowest BCUT2D eigenvalue weighted by molar-refractivity contribution is -0.158. The Kier molecular flexibility index (Phi) is 6.45. The highest BCUT2D eigenvalue weighted by Crippen LogP contribution is 2.22. The molecule has 32 heavy (non-hydrogen) atoms. The van der Waals surface area contributed by atoms with E-state index in [9.17, 15) is 24.3 Å². The number of aromatic amines is 1. The molecule has 0 bridgehead atoms. The van der Waals surface area contributed by atoms with Crippen LogP contribution in [0, 0.1) is 0 Å². The fourth-order valence-electron chi connectivity index (χ4n) is 2.86. The van der Waals surface area contributed by atoms with E-state index >= 15 is 0 Å². The number of hydrogen-bond acceptors (Lipinski definition) is 6. The van der Waals surface area contributed by atoms with E-state index in [0.717, 1.165) is 24.2 Å². The van der Waals surface area contributed by atoms with Gasteiger partial charge in [-0.3, -0.25) is 14.4 Å². The van der Waals surface area contributed by atoms with Crippen LogP contribution in [0.1, 0.15) is 45.1 Å². The Balaban J connectivity index is 1.85. The summed E-state index contributed by atoms with van der Waals surface area (Å²) in [6.45, 7) is 0.848. The number of aliphatic hydroxyl groups is 1. The molecule has 1 atom stereocenters. The van der Waals surface area contributed by atoms with Crippen molar-refractivity contribution < 1.29 is 24.6 Å². The maximum atomic E-state index is 12.8. The molecule has 2 aromatic carbocycles. The van der Waals surface area contributed by atoms with Gasteiger partial charge in [0.15, 0.2) is 5.82 Å². The van der Waals surface area contributed by atoms with Gasteiger partial charge in [-0.1, -0.05) is 60.7 Å². The normalized spacial score (nSPS) is 12.6. The summed E-state index contributed by atoms with van der Waals surface area (Å²) in [5.41, 5.74) is -2.22. The Bertz CT molecular complexity index is 1150. The molecule has 10 heteroatoms. The summed E-state index contributed by atoms with van der Waals surface area (Å²) in [4.78, 5) is 54.1. The zero-order valence-electron chi connectivity index (χ0n) is 16.9. The molecule has 0 saturated carbocycles. The Morgan fingerprint density at radius 1 is 0.969 bits per heavy atom. The number of nitrogens with zero attached hydrogens (tertiary/aromatic N) is 1. The van der Waals surface area contributed by atoms with Gasteiger partial charge in [-0.2, -0.15) is 0 Å². The lowest BCUT2D eigenvalue weighted by Gasteiger charge is -2.20. The first-order valence-corrected chi connectivity index (χ1v) is 9.47. The van der Waals surface area contributed by atoms with Gasteiger partial charge in [0, 0.05) is 6.20 Å². The van der Waals surface area contributed by atoms with Crippen LogP contribution in [0.2, 0.25) is 0 Å². The van der Waals surface area contributed by atoms with Gasteiger partial charge < -0.3 is 25.8 Å². The molecule has 2 amide bonds. The summed E-state index contributed by atoms with van der Waals surface area (Å²) in [6.07, 6.45) is 0.908. The lowest BCUT2D eigenvalue weighted by Crippen LogP contribution is -2.52. The Hall–Kier alpha value is -4.31. The van der Waals surface area contributed by atoms with Gasteiger partial charge in [0.1, 0.15) is 5.56 Å². The maximum absolute atomic E-state index is 12.8. The number of carbonyl (C=O) groups excluding carboxylic acids is 2. The van der Waals surface area contributed by atoms with E-state index in [0.29, 0.717) is 0 Å². The largest absolute Gasteiger partial charge is 0.478 e. The van der Waals surface area contributed by atoms with Crippen LogP contribution < -0.4 is 16.2 Å². The zero-order valence-corrected chi connectivity index (χ0v) is 16.9. The van der Waals surface area contributed by atoms with Crippen molar-refractivity contribution in [3.8, 4) is 0 Å². The number of hydrogen-bond donors (Lipinski definition) is 5. The third-order valence-corrected chi connectivity index (χ3v) is 4.57. The topological polar surface area (TPSA) is 161 Å². The number of aromatic nitrogens is 2. The summed E-state index contributed by atoms with van der Waals surface area (Å²) in [5, 5.41) is 23.1. The monoisotopic (exact) mass is 436 g/mol. The van der Waals surface area contributed by atoms with Gasteiger partial charge in [0.05, 0.1) is 6.04 Å². The summed E-state index contributed by atoms with van der Waals surface area (Å²) < 4.78 is 0. The third kappa shape index (κ3) is 5.05. The van der Waals surface area contributed by atoms with E-state index in [1.807, 2.05) is 66.0 Å². The minimum absolute atomic E-state index is 0.344. The molecule has 10 nitrogen and oxygen atoms in total. The van der Waals surface area contributed by atoms with E-state index in [1.54, 1.807) is 0 Å². The molecule has 3 aromatic rings. The minimum atomic E-state index is -2.57. The van der Waals surface area contributed by atoms with E-state index in [2.05, 4.69) is 15.3 Å². The quantitative estimate of drug-likeness (QED) is 0.342. The van der Waals surface area contributed by atoms with Crippen LogP contribution >= 0.6 is 0 Å². The second kappa shape index (κ2) is 9.23. The summed E-state index contributed by atoms with van der Waals surface area (Å²) >= 11 is 0. The molecular formula is C22H20N4O6. The Morgan fingerprint density at radius 2 is 1.50 bits per heavy atom. The van der Waals surface area contributed by atoms with E-state index < -0.39 is 40.9 Å². The highest BCUT2D eigenvalue weighted by Gasteiger charge is 2.33. The van der Waals surface area contributed by atoms with Crippen molar-refractivity contribution in [1.82, 2.24) is 20.6 Å². The van der Waals surface area contributed by atoms with Crippen LogP contribution in [0.15, 0.2) is 71.7 Å². The van der Waals surface area contributed by atoms with Crippen molar-refractivity contribution in [2.24, 2.45) is 0 Å². The van der Waals surface area contributed by atoms with E-state index in [-0.39, 0.29) is 5.56 Å². The van der Waals surface area contributed by atoms with Crippen molar-refractivity contribution >= 4 is 17.8 Å². The SMILES string of the molecule is CC(O)(NC(=O)c1ncc(C(=O)NC(c2ccccc2)c2ccccc2)c(=O)[nH]1)C(=O)O. The van der Waals surface area contributed by atoms with Crippen LogP contribution in [0.25, 0.3) is 0 Å². The third-order valence-electron chi connectivity index (χ3n) is 4.57. The van der Waals surface area contributed by atoms with E-state index in [1.165, 1.54) is 0 Å². The van der Waals surface area contributed by atoms with Gasteiger partial charge in [0.25, 0.3) is 17.4 Å². The highest BCUT2D eigenvalue weighted by molar-refractivity contribution is 5.96. The highest BCUT2D eigenvalue weighted by atomic mass is 16.4. The van der Waals surface area contributed by atoms with Crippen LogP contribution in [-0.4, -0.2) is 43.7 Å². The first-order chi connectivity index (χ1) is 15.2. The first-order valence-electron chi connectivity index (χ1n) is 9.47. The van der Waals surface area contributed by atoms with Crippen molar-refractivity contribution in [2.45, 2.75) is 18.7 Å². The second-order valence-electron chi connectivity index (χ2n) is 7.03. The summed E-state index contributed by atoms with van der Waals surface area (Å²) in [6, 6.07) is 17.8. The van der Waals surface area contributed by atoms with Gasteiger partial charge >= 0.3 is 5.97 Å². The van der Waals surface area contributed by atoms with Crippen molar-refractivity contribution in [3.63, 3.8) is 0 Å². The van der Waals surface area contributed by atoms with Crippen molar-refractivity contribution in [3.05, 3.63) is 99.7 Å². The van der Waals surface area contributed by atoms with Crippen LogP contribution in [0.3, 0.4) is 0 Å². The summed E-state index contributed by atoms with van der Waals surface area (Å²) in [5.74, 6) is -4.11. The number of aliphatic carboxylic acids is 1. The standard InChI is InChI=1S/C22H20N4O6/c1-22(32,21(30)31)26-20(29)17-23-12-15(19(28)25-17)18(27)24-16(13-8-4-2-5-9-13)14-10-6-3-7-11-14/h2-12,16,32H,1H3,(H,24,27)(H,26,29)(H,30,31)(H,23,25,28). The number of carboxylic acid groups (broad SMARTS) is 1. The smallest absolute Gasteiger partial charge is 0.356 e. The van der Waals surface area contributed by atoms with Gasteiger partial charge in [-0.15, -0.1) is 0 Å². The lowest BCUT2D eigenvalue weighted by atomic mass is 9.98. The number of H-pyrrole nitrogens is 1. The first kappa shape index (κ1) is 22.4. The van der Waals surface area contributed by atoms with Crippen LogP contribution in [0.4, 0.5) is 0 Å². The number of nitrogens with one attached hydrogen (secondary N) is 3. The Morgan fingerprint density at radius 3 is 1.97 bits per heavy atom. The van der Waals surface area contributed by atoms with Crippen LogP contribution in [0.5, 0.6) is 0 Å². The zero-order chi connectivity index (χ0) is 23.3. The second-order valence-corrected chi connectivity index (χ2v) is 7.03. The van der Waals surface area contributed by atoms with Crippen molar-refractivity contribution in [1.29, 1.82) is 0 Å². The fourth-order valence-corrected chi connectivity index (χ4v) is 2.86. The molecular weight excluding hydrogens is 416 g/mol. The molecule has 0 aliphatic rings. The predicted molar refractivity (Wildman–Crippen MR) is 113 cm³/mol. The van der Waals surface area contributed by atoms with Crippen LogP contribution in [-0.2, 0) is 4.79 Å². The van der Waals surface area contributed by atoms with E-state index in [4.69, 9.17) is 5.11 Å². The molecule has 0 aliphatic carbocycles. The van der Waals surface area contributed by atoms with Gasteiger partial charge in [0.2, 0.25) is 5.72 Å². The molecule has 3 rings (SSSR count). The molecule has 1 aromatic heterocycles.